The molecular weight excluding hydrogens is 278 g/mol. The van der Waals surface area contributed by atoms with E-state index in [-0.39, 0.29) is 12.1 Å². The van der Waals surface area contributed by atoms with Gasteiger partial charge in [0.1, 0.15) is 6.10 Å². The van der Waals surface area contributed by atoms with E-state index >= 15 is 0 Å². The molecule has 2 aliphatic heterocycles. The lowest BCUT2D eigenvalue weighted by atomic mass is 10.1. The van der Waals surface area contributed by atoms with Crippen molar-refractivity contribution in [2.24, 2.45) is 0 Å². The number of benzene rings is 1. The van der Waals surface area contributed by atoms with Crippen molar-refractivity contribution in [2.45, 2.75) is 25.6 Å². The topological polar surface area (TPSA) is 44.8 Å². The molecule has 0 aromatic heterocycles. The number of hydrogen-bond acceptors (Lipinski definition) is 5. The van der Waals surface area contributed by atoms with E-state index in [9.17, 15) is 4.79 Å². The Morgan fingerprint density at radius 2 is 1.95 bits per heavy atom. The molecule has 1 aromatic rings. The van der Waals surface area contributed by atoms with Gasteiger partial charge in [-0.15, -0.1) is 0 Å². The third-order valence-corrected chi connectivity index (χ3v) is 4.50. The van der Waals surface area contributed by atoms with Gasteiger partial charge >= 0.3 is 5.97 Å². The Labute approximate surface area is 132 Å². The molecule has 0 radical (unpaired) electrons. The minimum Gasteiger partial charge on any atom is -0.459 e. The summed E-state index contributed by atoms with van der Waals surface area (Å²) < 4.78 is 5.60. The lowest BCUT2D eigenvalue weighted by molar-refractivity contribution is -0.148. The maximum atomic E-state index is 11.4. The Morgan fingerprint density at radius 1 is 1.23 bits per heavy atom. The van der Waals surface area contributed by atoms with Crippen molar-refractivity contribution >= 4 is 5.97 Å². The molecule has 5 heteroatoms. The number of rotatable bonds is 4. The van der Waals surface area contributed by atoms with Gasteiger partial charge in [0, 0.05) is 52.7 Å². The van der Waals surface area contributed by atoms with Gasteiger partial charge in [-0.05, 0) is 5.56 Å². The van der Waals surface area contributed by atoms with Gasteiger partial charge in [-0.1, -0.05) is 30.3 Å². The molecule has 0 aliphatic carbocycles. The van der Waals surface area contributed by atoms with E-state index in [0.717, 1.165) is 45.8 Å². The summed E-state index contributed by atoms with van der Waals surface area (Å²) in [5.74, 6) is -0.174. The van der Waals surface area contributed by atoms with E-state index in [1.54, 1.807) is 0 Å². The van der Waals surface area contributed by atoms with Crippen LogP contribution in [0.1, 0.15) is 12.5 Å². The summed E-state index contributed by atoms with van der Waals surface area (Å²) >= 11 is 0. The van der Waals surface area contributed by atoms with Gasteiger partial charge in [0.25, 0.3) is 0 Å². The monoisotopic (exact) mass is 303 g/mol. The van der Waals surface area contributed by atoms with Crippen LogP contribution in [-0.4, -0.2) is 67.2 Å². The molecule has 22 heavy (non-hydrogen) atoms. The molecule has 0 saturated carbocycles. The summed E-state index contributed by atoms with van der Waals surface area (Å²) in [4.78, 5) is 16.3. The molecule has 120 valence electrons. The van der Waals surface area contributed by atoms with Crippen molar-refractivity contribution < 1.29 is 9.53 Å². The average Bonchev–Trinajstić information content (AvgIpc) is 2.91. The number of carbonyl (C=O) groups is 1. The Kier molecular flexibility index (Phi) is 5.08. The van der Waals surface area contributed by atoms with E-state index < -0.39 is 0 Å². The quantitative estimate of drug-likeness (QED) is 0.830. The molecule has 2 saturated heterocycles. The molecular formula is C17H25N3O2. The molecule has 1 aromatic carbocycles. The molecule has 2 fully saturated rings. The van der Waals surface area contributed by atoms with Crippen LogP contribution in [-0.2, 0) is 16.1 Å². The Hall–Kier alpha value is -1.43. The number of esters is 1. The summed E-state index contributed by atoms with van der Waals surface area (Å²) in [5, 5.41) is 3.38. The lowest BCUT2D eigenvalue weighted by Crippen LogP contribution is -2.53. The summed E-state index contributed by atoms with van der Waals surface area (Å²) in [5.41, 5.74) is 1.31. The summed E-state index contributed by atoms with van der Waals surface area (Å²) in [7, 11) is 0. The van der Waals surface area contributed by atoms with Crippen LogP contribution < -0.4 is 5.32 Å². The first-order chi connectivity index (χ1) is 10.7. The Balaban J connectivity index is 1.66. The lowest BCUT2D eigenvalue weighted by Gasteiger charge is -2.35. The van der Waals surface area contributed by atoms with Gasteiger partial charge in [0.05, 0.1) is 6.04 Å². The number of nitrogens with one attached hydrogen (secondary N) is 1. The van der Waals surface area contributed by atoms with Crippen molar-refractivity contribution in [2.75, 3.05) is 39.3 Å². The standard InChI is InChI=1S/C17H25N3O2/c1-14(21)22-17-13-19(11-15-5-3-2-4-6-15)12-16(17)20-9-7-18-8-10-20/h2-6,16-18H,7-13H2,1H3. The predicted octanol–water partition coefficient (Wildman–Crippen LogP) is 0.708. The van der Waals surface area contributed by atoms with E-state index in [1.807, 2.05) is 6.07 Å². The minimum atomic E-state index is -0.174. The second-order valence-corrected chi connectivity index (χ2v) is 6.18. The van der Waals surface area contributed by atoms with E-state index in [2.05, 4.69) is 39.4 Å². The molecule has 2 aliphatic rings. The van der Waals surface area contributed by atoms with Crippen LogP contribution in [0.25, 0.3) is 0 Å². The normalized spacial score (nSPS) is 27.0. The summed E-state index contributed by atoms with van der Waals surface area (Å²) in [6, 6.07) is 10.8. The van der Waals surface area contributed by atoms with Crippen LogP contribution >= 0.6 is 0 Å². The highest BCUT2D eigenvalue weighted by Crippen LogP contribution is 2.21. The zero-order chi connectivity index (χ0) is 15.4. The van der Waals surface area contributed by atoms with Gasteiger partial charge in [-0.2, -0.15) is 0 Å². The molecule has 0 bridgehead atoms. The zero-order valence-corrected chi connectivity index (χ0v) is 13.2. The SMILES string of the molecule is CC(=O)OC1CN(Cc2ccccc2)CC1N1CCNCC1. The predicted molar refractivity (Wildman–Crippen MR) is 85.5 cm³/mol. The van der Waals surface area contributed by atoms with Crippen molar-refractivity contribution in [1.82, 2.24) is 15.1 Å². The number of nitrogens with zero attached hydrogens (tertiary/aromatic N) is 2. The van der Waals surface area contributed by atoms with Crippen LogP contribution in [0.4, 0.5) is 0 Å². The van der Waals surface area contributed by atoms with Gasteiger partial charge in [-0.25, -0.2) is 0 Å². The van der Waals surface area contributed by atoms with Gasteiger partial charge < -0.3 is 10.1 Å². The molecule has 2 atom stereocenters. The van der Waals surface area contributed by atoms with Crippen LogP contribution in [0.2, 0.25) is 0 Å². The third kappa shape index (κ3) is 3.85. The molecule has 3 rings (SSSR count). The number of likely N-dealkylation sites (tertiary alicyclic amines) is 1. The van der Waals surface area contributed by atoms with E-state index in [1.165, 1.54) is 12.5 Å². The van der Waals surface area contributed by atoms with Crippen molar-refractivity contribution in [3.05, 3.63) is 35.9 Å². The zero-order valence-electron chi connectivity index (χ0n) is 13.2. The molecule has 0 spiro atoms. The number of piperazine rings is 1. The van der Waals surface area contributed by atoms with Crippen molar-refractivity contribution in [1.29, 1.82) is 0 Å². The van der Waals surface area contributed by atoms with E-state index in [4.69, 9.17) is 4.74 Å². The smallest absolute Gasteiger partial charge is 0.303 e. The number of carbonyl (C=O) groups excluding carboxylic acids is 1. The highest BCUT2D eigenvalue weighted by atomic mass is 16.5. The van der Waals surface area contributed by atoms with Crippen LogP contribution in [0.15, 0.2) is 30.3 Å². The highest BCUT2D eigenvalue weighted by Gasteiger charge is 2.38. The Bertz CT molecular complexity index is 488. The first kappa shape index (κ1) is 15.5. The van der Waals surface area contributed by atoms with Crippen molar-refractivity contribution in [3.63, 3.8) is 0 Å². The number of hydrogen-bond donors (Lipinski definition) is 1. The number of ether oxygens (including phenoxy) is 1. The Morgan fingerprint density at radius 3 is 2.64 bits per heavy atom. The van der Waals surface area contributed by atoms with Crippen molar-refractivity contribution in [3.8, 4) is 0 Å². The minimum absolute atomic E-state index is 0.0145. The first-order valence-electron chi connectivity index (χ1n) is 8.10. The fourth-order valence-electron chi connectivity index (χ4n) is 3.50. The average molecular weight is 303 g/mol. The van der Waals surface area contributed by atoms with Gasteiger partial charge in [0.2, 0.25) is 0 Å². The second kappa shape index (κ2) is 7.22. The molecule has 5 nitrogen and oxygen atoms in total. The molecule has 1 N–H and O–H groups in total. The van der Waals surface area contributed by atoms with Crippen LogP contribution in [0.3, 0.4) is 0 Å². The van der Waals surface area contributed by atoms with Gasteiger partial charge in [0.15, 0.2) is 0 Å². The van der Waals surface area contributed by atoms with Crippen LogP contribution in [0.5, 0.6) is 0 Å². The van der Waals surface area contributed by atoms with Crippen LogP contribution in [0, 0.1) is 0 Å². The summed E-state index contributed by atoms with van der Waals surface area (Å²) in [6.45, 7) is 8.30. The maximum absolute atomic E-state index is 11.4. The second-order valence-electron chi connectivity index (χ2n) is 6.18. The van der Waals surface area contributed by atoms with E-state index in [0.29, 0.717) is 6.04 Å². The fourth-order valence-corrected chi connectivity index (χ4v) is 3.50. The maximum Gasteiger partial charge on any atom is 0.303 e. The third-order valence-electron chi connectivity index (χ3n) is 4.50. The fraction of sp³-hybridized carbons (Fsp3) is 0.588. The van der Waals surface area contributed by atoms with Gasteiger partial charge in [-0.3, -0.25) is 14.6 Å². The summed E-state index contributed by atoms with van der Waals surface area (Å²) in [6.07, 6.45) is -0.0145. The molecule has 0 amide bonds. The first-order valence-corrected chi connectivity index (χ1v) is 8.10. The molecule has 2 unspecified atom stereocenters. The largest absolute Gasteiger partial charge is 0.459 e. The molecule has 2 heterocycles. The highest BCUT2D eigenvalue weighted by molar-refractivity contribution is 5.66.